The second-order valence-electron chi connectivity index (χ2n) is 17.3. The molecule has 0 aromatic heterocycles. The van der Waals surface area contributed by atoms with E-state index in [1.165, 1.54) is 0 Å². The van der Waals surface area contributed by atoms with Crippen molar-refractivity contribution in [3.8, 4) is 0 Å². The molecule has 320 valence electrons. The van der Waals surface area contributed by atoms with E-state index in [1.54, 1.807) is 32.6 Å². The quantitative estimate of drug-likeness (QED) is 0.0923. The number of Topliss-reactive ketones (excluding diaryl/α,β-unsaturated/α-hetero) is 1. The van der Waals surface area contributed by atoms with E-state index in [1.807, 2.05) is 81.4 Å². The summed E-state index contributed by atoms with van der Waals surface area (Å²) in [6.45, 7) is 13.0. The number of hydrogen-bond donors (Lipinski definition) is 4. The maximum absolute atomic E-state index is 14.2. The highest BCUT2D eigenvalue weighted by molar-refractivity contribution is 5.94. The van der Waals surface area contributed by atoms with Crippen LogP contribution in [0.25, 0.3) is 0 Å². The number of ether oxygens (including phenoxy) is 2. The number of esters is 1. The molecule has 13 nitrogen and oxygen atoms in total. The molecule has 0 spiro atoms. The van der Waals surface area contributed by atoms with Gasteiger partial charge >= 0.3 is 12.1 Å². The molecule has 58 heavy (non-hydrogen) atoms. The summed E-state index contributed by atoms with van der Waals surface area (Å²) in [5, 5.41) is 17.8. The lowest BCUT2D eigenvalue weighted by atomic mass is 9.87. The van der Waals surface area contributed by atoms with E-state index in [0.717, 1.165) is 11.1 Å². The second-order valence-corrected chi connectivity index (χ2v) is 17.3. The van der Waals surface area contributed by atoms with Crippen molar-refractivity contribution in [1.29, 1.82) is 0 Å². The Hall–Kier alpha value is -4.78. The van der Waals surface area contributed by atoms with E-state index in [4.69, 9.17) is 14.6 Å². The molecule has 0 radical (unpaired) electrons. The molecule has 1 unspecified atom stereocenters. The van der Waals surface area contributed by atoms with Gasteiger partial charge in [-0.1, -0.05) is 81.4 Å². The maximum Gasteiger partial charge on any atom is 0.407 e. The first-order valence-corrected chi connectivity index (χ1v) is 20.7. The summed E-state index contributed by atoms with van der Waals surface area (Å²) in [7, 11) is 0. The minimum absolute atomic E-state index is 0.0360. The van der Waals surface area contributed by atoms with E-state index in [0.29, 0.717) is 38.6 Å². The number of aliphatic hydroxyl groups excluding tert-OH is 1. The fraction of sp³-hybridized carbons (Fsp3) is 0.600. The van der Waals surface area contributed by atoms with Gasteiger partial charge < -0.3 is 35.4 Å². The molecule has 1 heterocycles. The van der Waals surface area contributed by atoms with Gasteiger partial charge in [-0.05, 0) is 89.7 Å². The summed E-state index contributed by atoms with van der Waals surface area (Å²) in [6, 6.07) is 17.2. The van der Waals surface area contributed by atoms with Crippen LogP contribution in [0.1, 0.15) is 98.1 Å². The standard InChI is InChI=1S/C45H66N4O9/c1-31(2)26-35(29-38(51)37(28-34-18-12-9-13-19-34)48-39(52)32(3)27-33-16-10-8-11-17-33)40(53)47-36(20-14-15-22-46-43(56)58-44(4,5)6)41(54)49-23-21-45(7,30-49)42(55)57-25-24-50/h8-13,16-19,31-32,35-37,50H,14-15,20-30H2,1-7H3,(H,46,56)(H,47,53)(H,48,52)/t32-,35+,36-,37-,45?/m1/s1. The van der Waals surface area contributed by atoms with Crippen LogP contribution in [0, 0.1) is 23.2 Å². The number of unbranched alkanes of at least 4 members (excludes halogenated alkanes) is 1. The molecule has 1 saturated heterocycles. The molecule has 0 aliphatic carbocycles. The van der Waals surface area contributed by atoms with Crippen molar-refractivity contribution in [2.75, 3.05) is 32.8 Å². The average molecular weight is 807 g/mol. The Morgan fingerprint density at radius 3 is 2.03 bits per heavy atom. The summed E-state index contributed by atoms with van der Waals surface area (Å²) in [5.41, 5.74) is 0.252. The van der Waals surface area contributed by atoms with Crippen molar-refractivity contribution in [3.05, 3.63) is 71.8 Å². The van der Waals surface area contributed by atoms with Crippen LogP contribution < -0.4 is 16.0 Å². The van der Waals surface area contributed by atoms with E-state index in [-0.39, 0.29) is 69.1 Å². The van der Waals surface area contributed by atoms with Crippen LogP contribution in [0.15, 0.2) is 60.7 Å². The maximum atomic E-state index is 14.2. The Kier molecular flexibility index (Phi) is 18.9. The van der Waals surface area contributed by atoms with Gasteiger partial charge in [-0.3, -0.25) is 24.0 Å². The Bertz CT molecular complexity index is 1650. The molecule has 1 aliphatic heterocycles. The third kappa shape index (κ3) is 16.2. The zero-order valence-electron chi connectivity index (χ0n) is 35.5. The fourth-order valence-corrected chi connectivity index (χ4v) is 7.08. The number of rotatable bonds is 22. The lowest BCUT2D eigenvalue weighted by Gasteiger charge is -2.28. The normalized spacial score (nSPS) is 17.4. The van der Waals surface area contributed by atoms with Gasteiger partial charge in [0.15, 0.2) is 5.78 Å². The third-order valence-electron chi connectivity index (χ3n) is 10.2. The number of likely N-dealkylation sites (tertiary alicyclic amines) is 1. The van der Waals surface area contributed by atoms with Gasteiger partial charge in [0.05, 0.1) is 18.1 Å². The molecule has 3 rings (SSSR count). The van der Waals surface area contributed by atoms with Gasteiger partial charge in [0, 0.05) is 37.9 Å². The third-order valence-corrected chi connectivity index (χ3v) is 10.2. The lowest BCUT2D eigenvalue weighted by Crippen LogP contribution is -2.51. The predicted octanol–water partition coefficient (Wildman–Crippen LogP) is 5.17. The van der Waals surface area contributed by atoms with E-state index in [9.17, 15) is 28.8 Å². The van der Waals surface area contributed by atoms with Crippen molar-refractivity contribution in [1.82, 2.24) is 20.9 Å². The van der Waals surface area contributed by atoms with Crippen LogP contribution in [-0.2, 0) is 46.3 Å². The number of benzene rings is 2. The van der Waals surface area contributed by atoms with Gasteiger partial charge in [0.25, 0.3) is 0 Å². The molecule has 4 amide bonds. The average Bonchev–Trinajstić information content (AvgIpc) is 3.58. The molecule has 0 saturated carbocycles. The molecule has 1 aliphatic rings. The van der Waals surface area contributed by atoms with Crippen LogP contribution in [-0.4, -0.2) is 96.1 Å². The molecule has 0 bridgehead atoms. The summed E-state index contributed by atoms with van der Waals surface area (Å²) in [6.07, 6.45) is 2.00. The highest BCUT2D eigenvalue weighted by Crippen LogP contribution is 2.32. The molecule has 4 N–H and O–H groups in total. The summed E-state index contributed by atoms with van der Waals surface area (Å²) in [4.78, 5) is 82.7. The van der Waals surface area contributed by atoms with Gasteiger partial charge in [0.2, 0.25) is 17.7 Å². The number of amides is 4. The van der Waals surface area contributed by atoms with Gasteiger partial charge in [-0.2, -0.15) is 0 Å². The SMILES string of the molecule is CC(C)C[C@@H](CC(=O)[C@@H](Cc1ccccc1)NC(=O)[C@H](C)Cc1ccccc1)C(=O)N[C@H](CCCCNC(=O)OC(C)(C)C)C(=O)N1CCC(C)(C(=O)OCCO)C1. The number of alkyl carbamates (subject to hydrolysis) is 1. The molecule has 2 aromatic rings. The van der Waals surface area contributed by atoms with Crippen LogP contribution in [0.2, 0.25) is 0 Å². The Morgan fingerprint density at radius 2 is 1.45 bits per heavy atom. The molecule has 1 fully saturated rings. The number of nitrogens with zero attached hydrogens (tertiary/aromatic N) is 1. The van der Waals surface area contributed by atoms with Crippen molar-refractivity contribution in [3.63, 3.8) is 0 Å². The molecule has 13 heteroatoms. The number of carbonyl (C=O) groups is 6. The van der Waals surface area contributed by atoms with Gasteiger partial charge in [0.1, 0.15) is 18.2 Å². The monoisotopic (exact) mass is 806 g/mol. The fourth-order valence-electron chi connectivity index (χ4n) is 7.08. The predicted molar refractivity (Wildman–Crippen MR) is 221 cm³/mol. The van der Waals surface area contributed by atoms with Crippen LogP contribution >= 0.6 is 0 Å². The first-order valence-electron chi connectivity index (χ1n) is 20.7. The van der Waals surface area contributed by atoms with Crippen molar-refractivity contribution >= 4 is 35.6 Å². The molecular formula is C45H66N4O9. The second kappa shape index (κ2) is 23.0. The highest BCUT2D eigenvalue weighted by Gasteiger charge is 2.45. The Labute approximate surface area is 344 Å². The first-order chi connectivity index (χ1) is 27.4. The number of hydrogen-bond acceptors (Lipinski definition) is 9. The summed E-state index contributed by atoms with van der Waals surface area (Å²) < 4.78 is 10.5. The van der Waals surface area contributed by atoms with Crippen LogP contribution in [0.5, 0.6) is 0 Å². The highest BCUT2D eigenvalue weighted by atomic mass is 16.6. The largest absolute Gasteiger partial charge is 0.463 e. The first kappa shape index (κ1) is 47.6. The van der Waals surface area contributed by atoms with E-state index in [2.05, 4.69) is 16.0 Å². The number of nitrogens with one attached hydrogen (secondary N) is 3. The molecular weight excluding hydrogens is 741 g/mol. The van der Waals surface area contributed by atoms with Crippen molar-refractivity contribution in [2.45, 2.75) is 118 Å². The van der Waals surface area contributed by atoms with Crippen molar-refractivity contribution < 1.29 is 43.3 Å². The number of carbonyl (C=O) groups excluding carboxylic acids is 6. The Balaban J connectivity index is 1.79. The lowest BCUT2D eigenvalue weighted by molar-refractivity contribution is -0.155. The van der Waals surface area contributed by atoms with Gasteiger partial charge in [-0.25, -0.2) is 4.79 Å². The minimum Gasteiger partial charge on any atom is -0.463 e. The van der Waals surface area contributed by atoms with Crippen LogP contribution in [0.3, 0.4) is 0 Å². The smallest absolute Gasteiger partial charge is 0.407 e. The Morgan fingerprint density at radius 1 is 0.845 bits per heavy atom. The summed E-state index contributed by atoms with van der Waals surface area (Å²) >= 11 is 0. The number of aliphatic hydroxyl groups is 1. The number of ketones is 1. The zero-order chi connectivity index (χ0) is 42.9. The zero-order valence-corrected chi connectivity index (χ0v) is 35.5. The topological polar surface area (TPSA) is 180 Å². The minimum atomic E-state index is -0.972. The van der Waals surface area contributed by atoms with E-state index >= 15 is 0 Å². The van der Waals surface area contributed by atoms with E-state index < -0.39 is 52.9 Å². The van der Waals surface area contributed by atoms with Gasteiger partial charge in [-0.15, -0.1) is 0 Å². The summed E-state index contributed by atoms with van der Waals surface area (Å²) in [5.74, 6) is -3.00. The molecule has 2 aromatic carbocycles. The van der Waals surface area contributed by atoms with Crippen molar-refractivity contribution in [2.24, 2.45) is 23.2 Å². The van der Waals surface area contributed by atoms with Crippen LogP contribution in [0.4, 0.5) is 4.79 Å². The molecule has 5 atom stereocenters.